The van der Waals surface area contributed by atoms with E-state index in [1.54, 1.807) is 0 Å². The van der Waals surface area contributed by atoms with E-state index in [4.69, 9.17) is 9.97 Å². The van der Waals surface area contributed by atoms with Gasteiger partial charge in [0.25, 0.3) is 0 Å². The summed E-state index contributed by atoms with van der Waals surface area (Å²) in [6, 6.07) is 74.2. The first-order valence-corrected chi connectivity index (χ1v) is 20.4. The van der Waals surface area contributed by atoms with Gasteiger partial charge in [-0.3, -0.25) is 0 Å². The van der Waals surface area contributed by atoms with Crippen molar-refractivity contribution in [1.29, 1.82) is 0 Å². The van der Waals surface area contributed by atoms with Gasteiger partial charge in [0.05, 0.1) is 11.4 Å². The first kappa shape index (κ1) is 34.8. The second-order valence-corrected chi connectivity index (χ2v) is 16.2. The first-order valence-electron chi connectivity index (χ1n) is 20.4. The largest absolute Gasteiger partial charge is 0.228 e. The summed E-state index contributed by atoms with van der Waals surface area (Å²) in [7, 11) is 0. The van der Waals surface area contributed by atoms with Crippen LogP contribution in [-0.2, 0) is 5.41 Å². The molecule has 0 radical (unpaired) electrons. The number of hydrogen-bond donors (Lipinski definition) is 0. The van der Waals surface area contributed by atoms with E-state index in [1.165, 1.54) is 66.2 Å². The van der Waals surface area contributed by atoms with E-state index in [2.05, 4.69) is 214 Å². The third kappa shape index (κ3) is 5.96. The Kier molecular flexibility index (Phi) is 8.20. The van der Waals surface area contributed by atoms with Gasteiger partial charge in [-0.05, 0) is 101 Å². The van der Waals surface area contributed by atoms with Crippen LogP contribution in [0.3, 0.4) is 0 Å². The molecule has 1 aliphatic carbocycles. The highest BCUT2D eigenvalue weighted by Gasteiger charge is 2.37. The lowest BCUT2D eigenvalue weighted by Gasteiger charge is -2.23. The van der Waals surface area contributed by atoms with Gasteiger partial charge in [0, 0.05) is 22.1 Å². The zero-order valence-corrected chi connectivity index (χ0v) is 33.0. The predicted molar refractivity (Wildman–Crippen MR) is 247 cm³/mol. The van der Waals surface area contributed by atoms with Gasteiger partial charge in [-0.1, -0.05) is 196 Å². The normalized spacial score (nSPS) is 12.7. The number of hydrogen-bond acceptors (Lipinski definition) is 2. The summed E-state index contributed by atoms with van der Waals surface area (Å²) in [4.78, 5) is 10.6. The fourth-order valence-electron chi connectivity index (χ4n) is 9.34. The van der Waals surface area contributed by atoms with E-state index >= 15 is 0 Å². The Morgan fingerprint density at radius 1 is 0.322 bits per heavy atom. The van der Waals surface area contributed by atoms with Crippen molar-refractivity contribution in [3.8, 4) is 78.4 Å². The Bertz CT molecular complexity index is 3220. The van der Waals surface area contributed by atoms with E-state index in [1.807, 2.05) is 6.07 Å². The Labute approximate surface area is 345 Å². The lowest BCUT2D eigenvalue weighted by molar-refractivity contribution is 0.666. The minimum atomic E-state index is -0.0947. The topological polar surface area (TPSA) is 25.8 Å². The van der Waals surface area contributed by atoms with Crippen LogP contribution in [-0.4, -0.2) is 9.97 Å². The van der Waals surface area contributed by atoms with Crippen molar-refractivity contribution < 1.29 is 0 Å². The zero-order valence-electron chi connectivity index (χ0n) is 33.0. The molecule has 59 heavy (non-hydrogen) atoms. The molecule has 278 valence electrons. The average molecular weight is 753 g/mol. The molecule has 0 fully saturated rings. The smallest absolute Gasteiger partial charge is 0.161 e. The van der Waals surface area contributed by atoms with Gasteiger partial charge in [-0.15, -0.1) is 0 Å². The molecule has 1 aliphatic rings. The van der Waals surface area contributed by atoms with Gasteiger partial charge in [0.1, 0.15) is 0 Å². The van der Waals surface area contributed by atoms with Crippen LogP contribution >= 0.6 is 0 Å². The van der Waals surface area contributed by atoms with Crippen LogP contribution in [0.5, 0.6) is 0 Å². The van der Waals surface area contributed by atoms with Gasteiger partial charge in [-0.2, -0.15) is 0 Å². The molecule has 0 amide bonds. The Morgan fingerprint density at radius 2 is 0.831 bits per heavy atom. The highest BCUT2D eigenvalue weighted by Crippen LogP contribution is 2.52. The number of benzene rings is 9. The average Bonchev–Trinajstić information content (AvgIpc) is 3.54. The Balaban J connectivity index is 1.01. The second kappa shape index (κ2) is 13.9. The SMILES string of the molecule is CC1(C)c2ccc(-c3ccc(-c4nc(-c5ccccc5)cc(-c5ccc(-c6cccc(-c7ccccc7)c6)cc5)n4)c4ccccc34)cc2-c2ccc3ccccc3c21. The number of nitrogens with zero attached hydrogens (tertiary/aromatic N) is 2. The van der Waals surface area contributed by atoms with Crippen molar-refractivity contribution in [3.05, 3.63) is 217 Å². The summed E-state index contributed by atoms with van der Waals surface area (Å²) in [6.45, 7) is 4.73. The van der Waals surface area contributed by atoms with Crippen molar-refractivity contribution in [1.82, 2.24) is 9.97 Å². The van der Waals surface area contributed by atoms with Gasteiger partial charge in [0.2, 0.25) is 0 Å². The van der Waals surface area contributed by atoms with Crippen molar-refractivity contribution >= 4 is 21.5 Å². The maximum absolute atomic E-state index is 5.31. The van der Waals surface area contributed by atoms with Crippen LogP contribution in [0.25, 0.3) is 100.0 Å². The third-order valence-corrected chi connectivity index (χ3v) is 12.3. The number of rotatable bonds is 6. The standard InChI is InChI=1S/C57H40N2/c1-57(2)52-33-29-44(35-51(52)49-30-28-39-16-9-10-21-46(39)55(49)57)45-31-32-50(48-23-12-11-22-47(45)48)56-58-53(40-17-7-4-8-18-40)36-54(59-56)41-26-24-38(25-27-41)43-20-13-19-42(34-43)37-14-5-3-6-15-37/h3-36H,1-2H3. The lowest BCUT2D eigenvalue weighted by atomic mass is 9.80. The van der Waals surface area contributed by atoms with Crippen molar-refractivity contribution in [2.24, 2.45) is 0 Å². The molecule has 0 atom stereocenters. The molecule has 10 aromatic rings. The molecule has 1 heterocycles. The summed E-state index contributed by atoms with van der Waals surface area (Å²) < 4.78 is 0. The summed E-state index contributed by atoms with van der Waals surface area (Å²) >= 11 is 0. The Morgan fingerprint density at radius 3 is 1.54 bits per heavy atom. The molecule has 0 saturated carbocycles. The van der Waals surface area contributed by atoms with Gasteiger partial charge >= 0.3 is 0 Å². The monoisotopic (exact) mass is 752 g/mol. The van der Waals surface area contributed by atoms with E-state index in [9.17, 15) is 0 Å². The fraction of sp³-hybridized carbons (Fsp3) is 0.0526. The molecule has 0 bridgehead atoms. The van der Waals surface area contributed by atoms with E-state index < -0.39 is 0 Å². The number of fused-ring (bicyclic) bond motifs is 6. The number of aromatic nitrogens is 2. The predicted octanol–water partition coefficient (Wildman–Crippen LogP) is 15.1. The molecule has 0 N–H and O–H groups in total. The summed E-state index contributed by atoms with van der Waals surface area (Å²) in [5.74, 6) is 0.709. The first-order chi connectivity index (χ1) is 29.0. The molecule has 11 rings (SSSR count). The lowest BCUT2D eigenvalue weighted by Crippen LogP contribution is -2.15. The molecular formula is C57H40N2. The van der Waals surface area contributed by atoms with Crippen LogP contribution in [0.1, 0.15) is 25.0 Å². The van der Waals surface area contributed by atoms with Crippen LogP contribution in [0.2, 0.25) is 0 Å². The minimum absolute atomic E-state index is 0.0947. The maximum Gasteiger partial charge on any atom is 0.161 e. The second-order valence-electron chi connectivity index (χ2n) is 16.2. The van der Waals surface area contributed by atoms with Crippen LogP contribution in [0, 0.1) is 0 Å². The summed E-state index contributed by atoms with van der Waals surface area (Å²) in [6.07, 6.45) is 0. The molecule has 2 nitrogen and oxygen atoms in total. The molecule has 0 spiro atoms. The molecule has 2 heteroatoms. The fourth-order valence-corrected chi connectivity index (χ4v) is 9.34. The van der Waals surface area contributed by atoms with E-state index in [0.717, 1.165) is 39.0 Å². The van der Waals surface area contributed by atoms with Crippen molar-refractivity contribution in [2.75, 3.05) is 0 Å². The highest BCUT2D eigenvalue weighted by molar-refractivity contribution is 6.05. The third-order valence-electron chi connectivity index (χ3n) is 12.3. The van der Waals surface area contributed by atoms with E-state index in [0.29, 0.717) is 5.82 Å². The molecule has 1 aromatic heterocycles. The quantitative estimate of drug-likeness (QED) is 0.169. The molecule has 0 aliphatic heterocycles. The zero-order chi connectivity index (χ0) is 39.5. The summed E-state index contributed by atoms with van der Waals surface area (Å²) in [5, 5.41) is 4.93. The van der Waals surface area contributed by atoms with Gasteiger partial charge < -0.3 is 0 Å². The molecule has 9 aromatic carbocycles. The van der Waals surface area contributed by atoms with Crippen molar-refractivity contribution in [3.63, 3.8) is 0 Å². The van der Waals surface area contributed by atoms with Gasteiger partial charge in [0.15, 0.2) is 5.82 Å². The molecular weight excluding hydrogens is 713 g/mol. The van der Waals surface area contributed by atoms with Gasteiger partial charge in [-0.25, -0.2) is 9.97 Å². The minimum Gasteiger partial charge on any atom is -0.228 e. The summed E-state index contributed by atoms with van der Waals surface area (Å²) in [5.41, 5.74) is 17.4. The Hall–Kier alpha value is -7.42. The molecule has 0 saturated heterocycles. The maximum atomic E-state index is 5.31. The van der Waals surface area contributed by atoms with E-state index in [-0.39, 0.29) is 5.41 Å². The van der Waals surface area contributed by atoms with Crippen LogP contribution in [0.4, 0.5) is 0 Å². The van der Waals surface area contributed by atoms with Crippen LogP contribution in [0.15, 0.2) is 206 Å². The van der Waals surface area contributed by atoms with Crippen molar-refractivity contribution in [2.45, 2.75) is 19.3 Å². The van der Waals surface area contributed by atoms with Crippen LogP contribution < -0.4 is 0 Å². The molecule has 0 unspecified atom stereocenters. The highest BCUT2D eigenvalue weighted by atomic mass is 14.9.